The summed E-state index contributed by atoms with van der Waals surface area (Å²) in [5.41, 5.74) is 6.20. The maximum atomic E-state index is 6.22. The number of unbranched alkanes of at least 4 members (excludes halogenated alkanes) is 2. The zero-order valence-electron chi connectivity index (χ0n) is 8.31. The van der Waals surface area contributed by atoms with Crippen LogP contribution in [0.4, 0.5) is 0 Å². The number of nitrogens with two attached hydrogens (primary N) is 1. The maximum absolute atomic E-state index is 6.22. The molecule has 0 aromatic carbocycles. The molecule has 0 aromatic rings. The van der Waals surface area contributed by atoms with E-state index in [1.165, 1.54) is 19.3 Å². The van der Waals surface area contributed by atoms with Gasteiger partial charge < -0.3 is 10.5 Å². The van der Waals surface area contributed by atoms with Crippen LogP contribution in [0.15, 0.2) is 0 Å². The molecule has 0 spiro atoms. The number of hydrogen-bond acceptors (Lipinski definition) is 2. The van der Waals surface area contributed by atoms with Crippen LogP contribution in [-0.4, -0.2) is 18.2 Å². The van der Waals surface area contributed by atoms with Gasteiger partial charge in [0.05, 0.1) is 6.10 Å². The molecule has 1 heterocycles. The highest BCUT2D eigenvalue weighted by atomic mass is 16.5. The minimum Gasteiger partial charge on any atom is -0.377 e. The molecule has 0 aromatic heterocycles. The lowest BCUT2D eigenvalue weighted by atomic mass is 9.87. The smallest absolute Gasteiger partial charge is 0.0727 e. The van der Waals surface area contributed by atoms with Gasteiger partial charge in [0.1, 0.15) is 0 Å². The molecular weight excluding hydrogens is 150 g/mol. The van der Waals surface area contributed by atoms with Crippen molar-refractivity contribution < 1.29 is 4.74 Å². The van der Waals surface area contributed by atoms with Crippen molar-refractivity contribution in [2.24, 2.45) is 5.73 Å². The van der Waals surface area contributed by atoms with Crippen LogP contribution in [0.1, 0.15) is 46.0 Å². The SMILES string of the molecule is CCCCCC1(N)CCOC1C. The van der Waals surface area contributed by atoms with Gasteiger partial charge in [0.2, 0.25) is 0 Å². The molecule has 72 valence electrons. The first kappa shape index (κ1) is 10.0. The van der Waals surface area contributed by atoms with E-state index in [4.69, 9.17) is 10.5 Å². The molecule has 1 aliphatic heterocycles. The van der Waals surface area contributed by atoms with E-state index >= 15 is 0 Å². The van der Waals surface area contributed by atoms with Gasteiger partial charge >= 0.3 is 0 Å². The van der Waals surface area contributed by atoms with Crippen molar-refractivity contribution in [3.05, 3.63) is 0 Å². The van der Waals surface area contributed by atoms with E-state index < -0.39 is 0 Å². The predicted octanol–water partition coefficient (Wildman–Crippen LogP) is 2.07. The number of hydrogen-bond donors (Lipinski definition) is 1. The number of ether oxygens (including phenoxy) is 1. The first-order valence-electron chi connectivity index (χ1n) is 5.09. The molecule has 1 saturated heterocycles. The molecule has 2 N–H and O–H groups in total. The average molecular weight is 171 g/mol. The van der Waals surface area contributed by atoms with Gasteiger partial charge in [-0.15, -0.1) is 0 Å². The fourth-order valence-electron chi connectivity index (χ4n) is 1.83. The highest BCUT2D eigenvalue weighted by Gasteiger charge is 2.36. The van der Waals surface area contributed by atoms with E-state index in [1.807, 2.05) is 0 Å². The summed E-state index contributed by atoms with van der Waals surface area (Å²) >= 11 is 0. The van der Waals surface area contributed by atoms with Crippen LogP contribution < -0.4 is 5.73 Å². The highest BCUT2D eigenvalue weighted by molar-refractivity contribution is 4.94. The van der Waals surface area contributed by atoms with E-state index in [2.05, 4.69) is 13.8 Å². The molecule has 0 amide bonds. The maximum Gasteiger partial charge on any atom is 0.0727 e. The van der Waals surface area contributed by atoms with Crippen molar-refractivity contribution in [3.63, 3.8) is 0 Å². The molecule has 2 atom stereocenters. The standard InChI is InChI=1S/C10H21NO/c1-3-4-5-6-10(11)7-8-12-9(10)2/h9H,3-8,11H2,1-2H3. The second-order valence-corrected chi connectivity index (χ2v) is 3.95. The summed E-state index contributed by atoms with van der Waals surface area (Å²) in [6.07, 6.45) is 6.24. The largest absolute Gasteiger partial charge is 0.377 e. The van der Waals surface area contributed by atoms with Gasteiger partial charge in [-0.25, -0.2) is 0 Å². The molecule has 0 aliphatic carbocycles. The summed E-state index contributed by atoms with van der Waals surface area (Å²) in [6, 6.07) is 0. The van der Waals surface area contributed by atoms with Gasteiger partial charge in [0, 0.05) is 12.1 Å². The van der Waals surface area contributed by atoms with Gasteiger partial charge in [-0.2, -0.15) is 0 Å². The zero-order chi connectivity index (χ0) is 9.03. The first-order chi connectivity index (χ1) is 5.69. The third-order valence-electron chi connectivity index (χ3n) is 2.99. The molecule has 1 rings (SSSR count). The topological polar surface area (TPSA) is 35.2 Å². The van der Waals surface area contributed by atoms with Crippen molar-refractivity contribution in [1.29, 1.82) is 0 Å². The Hall–Kier alpha value is -0.0800. The van der Waals surface area contributed by atoms with Crippen LogP contribution in [-0.2, 0) is 4.74 Å². The molecule has 2 nitrogen and oxygen atoms in total. The molecule has 0 saturated carbocycles. The van der Waals surface area contributed by atoms with Gasteiger partial charge in [0.15, 0.2) is 0 Å². The molecule has 2 unspecified atom stereocenters. The van der Waals surface area contributed by atoms with Crippen molar-refractivity contribution in [2.45, 2.75) is 57.6 Å². The molecule has 0 radical (unpaired) electrons. The summed E-state index contributed by atoms with van der Waals surface area (Å²) in [5, 5.41) is 0. The normalized spacial score (nSPS) is 35.8. The van der Waals surface area contributed by atoms with Crippen LogP contribution >= 0.6 is 0 Å². The predicted molar refractivity (Wildman–Crippen MR) is 51.1 cm³/mol. The van der Waals surface area contributed by atoms with Crippen molar-refractivity contribution in [1.82, 2.24) is 0 Å². The average Bonchev–Trinajstić information content (AvgIpc) is 2.34. The third kappa shape index (κ3) is 2.20. The Balaban J connectivity index is 2.27. The van der Waals surface area contributed by atoms with Crippen LogP contribution in [0.2, 0.25) is 0 Å². The van der Waals surface area contributed by atoms with E-state index in [-0.39, 0.29) is 11.6 Å². The van der Waals surface area contributed by atoms with Gasteiger partial charge in [-0.3, -0.25) is 0 Å². The van der Waals surface area contributed by atoms with E-state index in [0.717, 1.165) is 19.4 Å². The van der Waals surface area contributed by atoms with Gasteiger partial charge in [0.25, 0.3) is 0 Å². The van der Waals surface area contributed by atoms with Crippen LogP contribution in [0.25, 0.3) is 0 Å². The van der Waals surface area contributed by atoms with E-state index in [9.17, 15) is 0 Å². The van der Waals surface area contributed by atoms with Crippen LogP contribution in [0.5, 0.6) is 0 Å². The minimum absolute atomic E-state index is 0.0187. The molecule has 1 aliphatic rings. The summed E-state index contributed by atoms with van der Waals surface area (Å²) in [7, 11) is 0. The Morgan fingerprint density at radius 2 is 2.25 bits per heavy atom. The second kappa shape index (κ2) is 4.24. The fraction of sp³-hybridized carbons (Fsp3) is 1.00. The van der Waals surface area contributed by atoms with E-state index in [1.54, 1.807) is 0 Å². The lowest BCUT2D eigenvalue weighted by Gasteiger charge is -2.27. The Morgan fingerprint density at radius 3 is 2.75 bits per heavy atom. The Labute approximate surface area is 75.5 Å². The van der Waals surface area contributed by atoms with Gasteiger partial charge in [-0.05, 0) is 19.8 Å². The molecular formula is C10H21NO. The van der Waals surface area contributed by atoms with Crippen LogP contribution in [0.3, 0.4) is 0 Å². The lowest BCUT2D eigenvalue weighted by molar-refractivity contribution is 0.0921. The molecule has 2 heteroatoms. The van der Waals surface area contributed by atoms with Crippen molar-refractivity contribution >= 4 is 0 Å². The molecule has 1 fully saturated rings. The van der Waals surface area contributed by atoms with Crippen LogP contribution in [0, 0.1) is 0 Å². The monoisotopic (exact) mass is 171 g/mol. The summed E-state index contributed by atoms with van der Waals surface area (Å²) < 4.78 is 5.47. The van der Waals surface area contributed by atoms with E-state index in [0.29, 0.717) is 0 Å². The second-order valence-electron chi connectivity index (χ2n) is 3.95. The lowest BCUT2D eigenvalue weighted by Crippen LogP contribution is -2.45. The first-order valence-corrected chi connectivity index (χ1v) is 5.09. The van der Waals surface area contributed by atoms with Crippen molar-refractivity contribution in [2.75, 3.05) is 6.61 Å². The Morgan fingerprint density at radius 1 is 1.50 bits per heavy atom. The Kier molecular flexibility index (Phi) is 3.53. The third-order valence-corrected chi connectivity index (χ3v) is 2.99. The number of rotatable bonds is 4. The zero-order valence-corrected chi connectivity index (χ0v) is 8.31. The summed E-state index contributed by atoms with van der Waals surface area (Å²) in [5.74, 6) is 0. The van der Waals surface area contributed by atoms with Gasteiger partial charge in [-0.1, -0.05) is 26.2 Å². The fourth-order valence-corrected chi connectivity index (χ4v) is 1.83. The molecule has 12 heavy (non-hydrogen) atoms. The highest BCUT2D eigenvalue weighted by Crippen LogP contribution is 2.28. The quantitative estimate of drug-likeness (QED) is 0.657. The van der Waals surface area contributed by atoms with Crippen molar-refractivity contribution in [3.8, 4) is 0 Å². The molecule has 0 bridgehead atoms. The minimum atomic E-state index is -0.0187. The summed E-state index contributed by atoms with van der Waals surface area (Å²) in [4.78, 5) is 0. The Bertz CT molecular complexity index is 138. The summed E-state index contributed by atoms with van der Waals surface area (Å²) in [6.45, 7) is 5.17.